The summed E-state index contributed by atoms with van der Waals surface area (Å²) in [4.78, 5) is 23.5. The van der Waals surface area contributed by atoms with E-state index in [1.54, 1.807) is 18.7 Å². The molecule has 1 aromatic heterocycles. The van der Waals surface area contributed by atoms with Crippen LogP contribution in [-0.2, 0) is 16.8 Å². The third-order valence-corrected chi connectivity index (χ3v) is 5.56. The van der Waals surface area contributed by atoms with Crippen molar-refractivity contribution >= 4 is 17.5 Å². The second-order valence-corrected chi connectivity index (χ2v) is 7.13. The quantitative estimate of drug-likeness (QED) is 0.617. The van der Waals surface area contributed by atoms with Crippen LogP contribution in [0.3, 0.4) is 0 Å². The Hall–Kier alpha value is -1.72. The minimum atomic E-state index is -0.322. The van der Waals surface area contributed by atoms with Gasteiger partial charge in [-0.1, -0.05) is 42.1 Å². The molecular formula is C19H23N3OS. The van der Waals surface area contributed by atoms with Crippen LogP contribution in [0.4, 0.5) is 0 Å². The molecule has 0 radical (unpaired) electrons. The standard InChI is InChI=1S/C19H23N3OS/c1-15(23)19(17-6-4-3-5-7-17)8-10-22(11-9-19)14-16-12-20-18(24-2)21-13-16/h3-7,12-13H,8-11,14H2,1-2H3. The Morgan fingerprint density at radius 3 is 2.33 bits per heavy atom. The van der Waals surface area contributed by atoms with Crippen LogP contribution < -0.4 is 0 Å². The molecule has 0 saturated carbocycles. The lowest BCUT2D eigenvalue weighted by molar-refractivity contribution is -0.124. The second kappa shape index (κ2) is 7.45. The molecule has 5 heteroatoms. The summed E-state index contributed by atoms with van der Waals surface area (Å²) in [7, 11) is 0. The largest absolute Gasteiger partial charge is 0.299 e. The number of carbonyl (C=O) groups excluding carboxylic acids is 1. The molecular weight excluding hydrogens is 318 g/mol. The first-order valence-electron chi connectivity index (χ1n) is 8.28. The van der Waals surface area contributed by atoms with Crippen molar-refractivity contribution in [3.05, 3.63) is 53.9 Å². The molecule has 0 spiro atoms. The Kier molecular flexibility index (Phi) is 5.31. The highest BCUT2D eigenvalue weighted by Gasteiger charge is 2.40. The Labute approximate surface area is 147 Å². The minimum absolute atomic E-state index is 0.279. The lowest BCUT2D eigenvalue weighted by atomic mass is 9.70. The molecule has 4 nitrogen and oxygen atoms in total. The molecule has 0 aliphatic carbocycles. The number of piperidine rings is 1. The molecule has 2 aromatic rings. The van der Waals surface area contributed by atoms with Gasteiger partial charge in [-0.2, -0.15) is 0 Å². The van der Waals surface area contributed by atoms with Gasteiger partial charge in [-0.25, -0.2) is 9.97 Å². The van der Waals surface area contributed by atoms with Crippen LogP contribution >= 0.6 is 11.8 Å². The number of likely N-dealkylation sites (tertiary alicyclic amines) is 1. The summed E-state index contributed by atoms with van der Waals surface area (Å²) in [6.45, 7) is 4.41. The molecule has 2 heterocycles. The van der Waals surface area contributed by atoms with Crippen LogP contribution in [0.1, 0.15) is 30.9 Å². The summed E-state index contributed by atoms with van der Waals surface area (Å²) in [5.41, 5.74) is 1.96. The van der Waals surface area contributed by atoms with Crippen LogP contribution in [-0.4, -0.2) is 40.0 Å². The summed E-state index contributed by atoms with van der Waals surface area (Å²) < 4.78 is 0. The molecule has 126 valence electrons. The van der Waals surface area contributed by atoms with Crippen LogP contribution in [0.2, 0.25) is 0 Å². The number of hydrogen-bond acceptors (Lipinski definition) is 5. The molecule has 0 atom stereocenters. The third kappa shape index (κ3) is 3.52. The van der Waals surface area contributed by atoms with Gasteiger partial charge in [0, 0.05) is 24.5 Å². The zero-order valence-corrected chi connectivity index (χ0v) is 15.1. The molecule has 0 unspecified atom stereocenters. The van der Waals surface area contributed by atoms with Crippen molar-refractivity contribution in [3.63, 3.8) is 0 Å². The van der Waals surface area contributed by atoms with Crippen molar-refractivity contribution in [2.24, 2.45) is 0 Å². The average Bonchev–Trinajstić information content (AvgIpc) is 2.63. The number of Topliss-reactive ketones (excluding diaryl/α,β-unsaturated/α-hetero) is 1. The Morgan fingerprint density at radius 2 is 1.79 bits per heavy atom. The summed E-state index contributed by atoms with van der Waals surface area (Å²) in [5, 5.41) is 0.803. The van der Waals surface area contributed by atoms with E-state index in [0.29, 0.717) is 0 Å². The SMILES string of the molecule is CSc1ncc(CN2CCC(C(C)=O)(c3ccccc3)CC2)cn1. The zero-order chi connectivity index (χ0) is 17.0. The maximum atomic E-state index is 12.4. The van der Waals surface area contributed by atoms with Crippen LogP contribution in [0.15, 0.2) is 47.9 Å². The molecule has 3 rings (SSSR count). The fourth-order valence-corrected chi connectivity index (χ4v) is 3.80. The first-order chi connectivity index (χ1) is 11.6. The van der Waals surface area contributed by atoms with E-state index >= 15 is 0 Å². The van der Waals surface area contributed by atoms with Gasteiger partial charge in [0.2, 0.25) is 0 Å². The van der Waals surface area contributed by atoms with Gasteiger partial charge in [0.05, 0.1) is 5.41 Å². The molecule has 24 heavy (non-hydrogen) atoms. The van der Waals surface area contributed by atoms with E-state index < -0.39 is 0 Å². The second-order valence-electron chi connectivity index (χ2n) is 6.36. The van der Waals surface area contributed by atoms with Crippen molar-refractivity contribution in [2.45, 2.75) is 36.9 Å². The Morgan fingerprint density at radius 1 is 1.17 bits per heavy atom. The first kappa shape index (κ1) is 17.1. The molecule has 1 fully saturated rings. The number of ketones is 1. The average molecular weight is 341 g/mol. The number of carbonyl (C=O) groups is 1. The van der Waals surface area contributed by atoms with Crippen molar-refractivity contribution in [1.29, 1.82) is 0 Å². The zero-order valence-electron chi connectivity index (χ0n) is 14.2. The van der Waals surface area contributed by atoms with E-state index in [0.717, 1.165) is 48.8 Å². The monoisotopic (exact) mass is 341 g/mol. The van der Waals surface area contributed by atoms with Gasteiger partial charge in [-0.3, -0.25) is 9.69 Å². The van der Waals surface area contributed by atoms with Gasteiger partial charge in [-0.15, -0.1) is 0 Å². The maximum absolute atomic E-state index is 12.4. The van der Waals surface area contributed by atoms with E-state index in [9.17, 15) is 4.79 Å². The van der Waals surface area contributed by atoms with Crippen LogP contribution in [0, 0.1) is 0 Å². The summed E-state index contributed by atoms with van der Waals surface area (Å²) in [6, 6.07) is 10.2. The van der Waals surface area contributed by atoms with Gasteiger partial charge in [0.1, 0.15) is 5.78 Å². The topological polar surface area (TPSA) is 46.1 Å². The summed E-state index contributed by atoms with van der Waals surface area (Å²) in [6.07, 6.45) is 7.53. The van der Waals surface area contributed by atoms with Gasteiger partial charge in [-0.05, 0) is 44.7 Å². The smallest absolute Gasteiger partial charge is 0.187 e. The molecule has 0 amide bonds. The highest BCUT2D eigenvalue weighted by molar-refractivity contribution is 7.98. The third-order valence-electron chi connectivity index (χ3n) is 4.98. The number of thioether (sulfide) groups is 1. The highest BCUT2D eigenvalue weighted by Crippen LogP contribution is 2.36. The van der Waals surface area contributed by atoms with Crippen molar-refractivity contribution in [2.75, 3.05) is 19.3 Å². The van der Waals surface area contributed by atoms with Gasteiger partial charge in [0.25, 0.3) is 0 Å². The molecule has 1 aliphatic heterocycles. The van der Waals surface area contributed by atoms with Gasteiger partial charge < -0.3 is 0 Å². The van der Waals surface area contributed by atoms with E-state index in [1.807, 2.05) is 36.8 Å². The lowest BCUT2D eigenvalue weighted by Crippen LogP contribution is -2.46. The number of benzene rings is 1. The first-order valence-corrected chi connectivity index (χ1v) is 9.50. The number of rotatable bonds is 5. The van der Waals surface area contributed by atoms with Crippen molar-refractivity contribution in [1.82, 2.24) is 14.9 Å². The highest BCUT2D eigenvalue weighted by atomic mass is 32.2. The number of nitrogens with zero attached hydrogens (tertiary/aromatic N) is 3. The molecule has 0 bridgehead atoms. The number of aromatic nitrogens is 2. The predicted octanol–water partition coefficient (Wildman–Crippen LogP) is 3.32. The van der Waals surface area contributed by atoms with E-state index in [4.69, 9.17) is 0 Å². The minimum Gasteiger partial charge on any atom is -0.299 e. The van der Waals surface area contributed by atoms with Gasteiger partial charge in [0.15, 0.2) is 5.16 Å². The number of hydrogen-bond donors (Lipinski definition) is 0. The predicted molar refractivity (Wildman–Crippen MR) is 97.1 cm³/mol. The Bertz CT molecular complexity index is 680. The van der Waals surface area contributed by atoms with Crippen LogP contribution in [0.5, 0.6) is 0 Å². The van der Waals surface area contributed by atoms with Gasteiger partial charge >= 0.3 is 0 Å². The van der Waals surface area contributed by atoms with E-state index in [1.165, 1.54) is 0 Å². The molecule has 1 aromatic carbocycles. The van der Waals surface area contributed by atoms with E-state index in [-0.39, 0.29) is 11.2 Å². The summed E-state index contributed by atoms with van der Waals surface area (Å²) >= 11 is 1.55. The normalized spacial score (nSPS) is 17.6. The Balaban J connectivity index is 1.68. The maximum Gasteiger partial charge on any atom is 0.187 e. The molecule has 0 N–H and O–H groups in total. The van der Waals surface area contributed by atoms with Crippen molar-refractivity contribution in [3.8, 4) is 0 Å². The lowest BCUT2D eigenvalue weighted by Gasteiger charge is -2.40. The fraction of sp³-hybridized carbons (Fsp3) is 0.421. The molecule has 1 saturated heterocycles. The van der Waals surface area contributed by atoms with Crippen LogP contribution in [0.25, 0.3) is 0 Å². The van der Waals surface area contributed by atoms with Crippen molar-refractivity contribution < 1.29 is 4.79 Å². The summed E-state index contributed by atoms with van der Waals surface area (Å²) in [5.74, 6) is 0.279. The molecule has 1 aliphatic rings. The fourth-order valence-electron chi connectivity index (χ4n) is 3.48. The van der Waals surface area contributed by atoms with E-state index in [2.05, 4.69) is 27.0 Å².